The summed E-state index contributed by atoms with van der Waals surface area (Å²) in [4.78, 5) is 41.1. The average molecular weight is 483 g/mol. The highest BCUT2D eigenvalue weighted by Crippen LogP contribution is 2.32. The van der Waals surface area contributed by atoms with Crippen molar-refractivity contribution in [2.75, 3.05) is 29.9 Å². The minimum atomic E-state index is -0.803. The molecule has 1 saturated heterocycles. The predicted octanol–water partition coefficient (Wildman–Crippen LogP) is 3.85. The normalized spacial score (nSPS) is 14.5. The molecule has 1 N–H and O–H groups in total. The van der Waals surface area contributed by atoms with E-state index in [0.717, 1.165) is 29.7 Å². The molecule has 1 amide bonds. The Morgan fingerprint density at radius 2 is 2.14 bits per heavy atom. The number of thiazole rings is 1. The van der Waals surface area contributed by atoms with Gasteiger partial charge < -0.3 is 9.64 Å². The molecule has 0 atom stereocenters. The summed E-state index contributed by atoms with van der Waals surface area (Å²) in [6.45, 7) is 3.11. The number of nitro groups is 1. The number of carbonyl (C=O) groups excluding carboxylic acids is 2. The first-order valence-corrected chi connectivity index (χ1v) is 10.6. The molecule has 0 saturated carbocycles. The third kappa shape index (κ3) is 5.51. The minimum Gasteiger partial charge on any atom is -0.452 e. The third-order valence-corrected chi connectivity index (χ3v) is 5.98. The maximum absolute atomic E-state index is 12.3. The van der Waals surface area contributed by atoms with Gasteiger partial charge in [-0.2, -0.15) is 0 Å². The lowest BCUT2D eigenvalue weighted by Crippen LogP contribution is -2.33. The maximum atomic E-state index is 12.3. The van der Waals surface area contributed by atoms with Gasteiger partial charge in [0.15, 0.2) is 11.7 Å². The molecule has 11 heteroatoms. The van der Waals surface area contributed by atoms with Gasteiger partial charge in [0.05, 0.1) is 20.5 Å². The number of hydrogen-bond acceptors (Lipinski definition) is 8. The Hall–Kier alpha value is -2.53. The Balaban J connectivity index is 1.65. The second-order valence-electron chi connectivity index (χ2n) is 6.72. The van der Waals surface area contributed by atoms with E-state index in [1.165, 1.54) is 29.7 Å². The first-order valence-electron chi connectivity index (χ1n) is 8.95. The minimum absolute atomic E-state index is 0.0237. The lowest BCUT2D eigenvalue weighted by Gasteiger charge is -2.31. The Bertz CT molecular complexity index is 927. The van der Waals surface area contributed by atoms with Gasteiger partial charge >= 0.3 is 5.97 Å². The van der Waals surface area contributed by atoms with E-state index >= 15 is 0 Å². The van der Waals surface area contributed by atoms with Gasteiger partial charge in [-0.05, 0) is 46.8 Å². The largest absolute Gasteiger partial charge is 0.452 e. The number of aromatic nitrogens is 1. The van der Waals surface area contributed by atoms with Crippen molar-refractivity contribution in [2.24, 2.45) is 5.92 Å². The summed E-state index contributed by atoms with van der Waals surface area (Å²) < 4.78 is 5.73. The van der Waals surface area contributed by atoms with Crippen LogP contribution < -0.4 is 10.2 Å². The fourth-order valence-electron chi connectivity index (χ4n) is 3.00. The number of nitrogens with zero attached hydrogens (tertiary/aromatic N) is 3. The Kier molecular flexibility index (Phi) is 6.80. The van der Waals surface area contributed by atoms with Crippen LogP contribution in [0.25, 0.3) is 0 Å². The number of piperidine rings is 1. The van der Waals surface area contributed by atoms with E-state index in [0.29, 0.717) is 16.7 Å². The first-order chi connectivity index (χ1) is 13.8. The molecule has 3 rings (SSSR count). The molecule has 1 aromatic carbocycles. The lowest BCUT2D eigenvalue weighted by atomic mass is 9.98. The molecule has 1 fully saturated rings. The van der Waals surface area contributed by atoms with Crippen molar-refractivity contribution < 1.29 is 19.2 Å². The van der Waals surface area contributed by atoms with E-state index in [1.54, 1.807) is 6.07 Å². The Morgan fingerprint density at radius 3 is 2.76 bits per heavy atom. The molecule has 9 nitrogen and oxygen atoms in total. The number of rotatable bonds is 6. The van der Waals surface area contributed by atoms with E-state index < -0.39 is 23.4 Å². The van der Waals surface area contributed by atoms with Crippen LogP contribution in [0.3, 0.4) is 0 Å². The quantitative estimate of drug-likeness (QED) is 0.377. The fraction of sp³-hybridized carbons (Fsp3) is 0.389. The monoisotopic (exact) mass is 482 g/mol. The van der Waals surface area contributed by atoms with Gasteiger partial charge in [0, 0.05) is 19.2 Å². The molecule has 0 bridgehead atoms. The van der Waals surface area contributed by atoms with Gasteiger partial charge in [0.2, 0.25) is 0 Å². The van der Waals surface area contributed by atoms with Crippen molar-refractivity contribution >= 4 is 55.6 Å². The second kappa shape index (κ2) is 9.31. The molecule has 0 spiro atoms. The van der Waals surface area contributed by atoms with Crippen molar-refractivity contribution in [1.82, 2.24) is 4.98 Å². The van der Waals surface area contributed by atoms with Crippen molar-refractivity contribution in [3.63, 3.8) is 0 Å². The molecular weight excluding hydrogens is 464 g/mol. The highest BCUT2D eigenvalue weighted by Gasteiger charge is 2.25. The lowest BCUT2D eigenvalue weighted by molar-refractivity contribution is -0.384. The van der Waals surface area contributed by atoms with E-state index in [-0.39, 0.29) is 11.3 Å². The van der Waals surface area contributed by atoms with Crippen LogP contribution >= 0.6 is 27.3 Å². The number of anilines is 2. The van der Waals surface area contributed by atoms with Gasteiger partial charge in [0.1, 0.15) is 5.69 Å². The van der Waals surface area contributed by atoms with Crippen LogP contribution in [-0.4, -0.2) is 41.5 Å². The van der Waals surface area contributed by atoms with E-state index in [9.17, 15) is 19.7 Å². The van der Waals surface area contributed by atoms with Crippen molar-refractivity contribution in [2.45, 2.75) is 19.8 Å². The third-order valence-electron chi connectivity index (χ3n) is 4.59. The Labute approximate surface area is 179 Å². The van der Waals surface area contributed by atoms with Gasteiger partial charge in [-0.3, -0.25) is 20.2 Å². The zero-order valence-electron chi connectivity index (χ0n) is 15.6. The van der Waals surface area contributed by atoms with Gasteiger partial charge in [-0.15, -0.1) is 0 Å². The first kappa shape index (κ1) is 21.2. The van der Waals surface area contributed by atoms with Crippen LogP contribution in [0.5, 0.6) is 0 Å². The van der Waals surface area contributed by atoms with Crippen molar-refractivity contribution in [3.05, 3.63) is 43.9 Å². The SMILES string of the molecule is CC1CCN(c2ccc(C(=O)OCC(=O)Nc3ncc(Br)s3)cc2[N+](=O)[O-])CC1. The smallest absolute Gasteiger partial charge is 0.338 e. The number of nitrogens with one attached hydrogen (secondary N) is 1. The summed E-state index contributed by atoms with van der Waals surface area (Å²) in [6.07, 6.45) is 3.47. The second-order valence-corrected chi connectivity index (χ2v) is 9.13. The van der Waals surface area contributed by atoms with E-state index in [4.69, 9.17) is 4.74 Å². The van der Waals surface area contributed by atoms with E-state index in [1.807, 2.05) is 4.90 Å². The molecule has 1 aromatic heterocycles. The number of hydrogen-bond donors (Lipinski definition) is 1. The summed E-state index contributed by atoms with van der Waals surface area (Å²) in [5, 5.41) is 14.4. The van der Waals surface area contributed by atoms with Crippen LogP contribution in [0.4, 0.5) is 16.5 Å². The maximum Gasteiger partial charge on any atom is 0.338 e. The molecular formula is C18H19BrN4O5S. The number of benzene rings is 1. The number of esters is 1. The van der Waals surface area contributed by atoms with E-state index in [2.05, 4.69) is 33.2 Å². The number of amides is 1. The summed E-state index contributed by atoms with van der Waals surface area (Å²) >= 11 is 4.45. The molecule has 29 heavy (non-hydrogen) atoms. The summed E-state index contributed by atoms with van der Waals surface area (Å²) in [5.41, 5.74) is 0.368. The summed E-state index contributed by atoms with van der Waals surface area (Å²) in [6, 6.07) is 4.25. The standard InChI is InChI=1S/C18H19BrN4O5S/c1-11-4-6-22(7-5-11)13-3-2-12(8-14(13)23(26)27)17(25)28-10-16(24)21-18-20-9-15(19)29-18/h2-3,8-9,11H,4-7,10H2,1H3,(H,20,21,24). The molecule has 0 unspecified atom stereocenters. The molecule has 2 heterocycles. The van der Waals surface area contributed by atoms with Crippen molar-refractivity contribution in [1.29, 1.82) is 0 Å². The highest BCUT2D eigenvalue weighted by atomic mass is 79.9. The number of carbonyl (C=O) groups is 2. The van der Waals surface area contributed by atoms with Gasteiger partial charge in [-0.1, -0.05) is 18.3 Å². The van der Waals surface area contributed by atoms with Crippen LogP contribution in [0.1, 0.15) is 30.1 Å². The van der Waals surface area contributed by atoms with Crippen LogP contribution in [0, 0.1) is 16.0 Å². The molecule has 0 aliphatic carbocycles. The van der Waals surface area contributed by atoms with Crippen LogP contribution in [-0.2, 0) is 9.53 Å². The summed E-state index contributed by atoms with van der Waals surface area (Å²) in [5.74, 6) is -0.757. The van der Waals surface area contributed by atoms with Crippen LogP contribution in [0.15, 0.2) is 28.2 Å². The molecule has 154 valence electrons. The number of ether oxygens (including phenoxy) is 1. The number of halogens is 1. The molecule has 0 radical (unpaired) electrons. The number of nitro benzene ring substituents is 1. The summed E-state index contributed by atoms with van der Waals surface area (Å²) in [7, 11) is 0. The molecule has 2 aromatic rings. The topological polar surface area (TPSA) is 115 Å². The molecule has 1 aliphatic rings. The predicted molar refractivity (Wildman–Crippen MR) is 112 cm³/mol. The zero-order chi connectivity index (χ0) is 21.0. The highest BCUT2D eigenvalue weighted by molar-refractivity contribution is 9.11. The fourth-order valence-corrected chi connectivity index (χ4v) is 4.12. The average Bonchev–Trinajstić information content (AvgIpc) is 3.10. The van der Waals surface area contributed by atoms with Crippen LogP contribution in [0.2, 0.25) is 0 Å². The van der Waals surface area contributed by atoms with Gasteiger partial charge in [-0.25, -0.2) is 9.78 Å². The van der Waals surface area contributed by atoms with Gasteiger partial charge in [0.25, 0.3) is 11.6 Å². The zero-order valence-corrected chi connectivity index (χ0v) is 18.0. The molecule has 1 aliphatic heterocycles. The Morgan fingerprint density at radius 1 is 1.41 bits per heavy atom. The van der Waals surface area contributed by atoms with Crippen molar-refractivity contribution in [3.8, 4) is 0 Å².